The number of benzene rings is 1. The molecule has 0 aliphatic carbocycles. The zero-order chi connectivity index (χ0) is 12.3. The second-order valence-electron chi connectivity index (χ2n) is 4.77. The summed E-state index contributed by atoms with van der Waals surface area (Å²) in [5, 5.41) is 1.33. The molecule has 1 heterocycles. The van der Waals surface area contributed by atoms with Gasteiger partial charge in [0.1, 0.15) is 0 Å². The molecular formula is C15H22N2. The molecule has 0 radical (unpaired) electrons. The SMILES string of the molecule is CCCn1ccc2cc(CC(N)CC)ccc21. The number of nitrogens with two attached hydrogens (primary N) is 1. The highest BCUT2D eigenvalue weighted by Crippen LogP contribution is 2.19. The van der Waals surface area contributed by atoms with E-state index in [9.17, 15) is 0 Å². The average Bonchev–Trinajstić information content (AvgIpc) is 2.72. The number of rotatable bonds is 5. The van der Waals surface area contributed by atoms with E-state index < -0.39 is 0 Å². The Labute approximate surface area is 103 Å². The van der Waals surface area contributed by atoms with Crippen molar-refractivity contribution in [3.8, 4) is 0 Å². The molecule has 2 N–H and O–H groups in total. The molecule has 1 atom stereocenters. The lowest BCUT2D eigenvalue weighted by atomic mass is 10.0. The van der Waals surface area contributed by atoms with Crippen molar-refractivity contribution in [2.45, 2.75) is 45.7 Å². The summed E-state index contributed by atoms with van der Waals surface area (Å²) in [5.74, 6) is 0. The molecule has 1 unspecified atom stereocenters. The summed E-state index contributed by atoms with van der Waals surface area (Å²) in [6.07, 6.45) is 5.37. The fourth-order valence-electron chi connectivity index (χ4n) is 2.26. The van der Waals surface area contributed by atoms with Gasteiger partial charge in [0.05, 0.1) is 0 Å². The van der Waals surface area contributed by atoms with Crippen LogP contribution < -0.4 is 5.73 Å². The highest BCUT2D eigenvalue weighted by Gasteiger charge is 2.04. The molecule has 92 valence electrons. The van der Waals surface area contributed by atoms with E-state index in [1.54, 1.807) is 0 Å². The minimum Gasteiger partial charge on any atom is -0.347 e. The van der Waals surface area contributed by atoms with Crippen LogP contribution >= 0.6 is 0 Å². The summed E-state index contributed by atoms with van der Waals surface area (Å²) in [4.78, 5) is 0. The van der Waals surface area contributed by atoms with Crippen LogP contribution in [-0.2, 0) is 13.0 Å². The molecule has 0 saturated heterocycles. The maximum atomic E-state index is 6.00. The molecule has 0 aliphatic heterocycles. The van der Waals surface area contributed by atoms with Crippen LogP contribution in [0.2, 0.25) is 0 Å². The van der Waals surface area contributed by atoms with E-state index in [1.165, 1.54) is 22.9 Å². The van der Waals surface area contributed by atoms with Gasteiger partial charge < -0.3 is 10.3 Å². The van der Waals surface area contributed by atoms with Gasteiger partial charge in [-0.25, -0.2) is 0 Å². The third kappa shape index (κ3) is 2.70. The third-order valence-corrected chi connectivity index (χ3v) is 3.32. The molecular weight excluding hydrogens is 208 g/mol. The van der Waals surface area contributed by atoms with E-state index in [0.717, 1.165) is 19.4 Å². The highest BCUT2D eigenvalue weighted by atomic mass is 14.9. The molecule has 0 bridgehead atoms. The van der Waals surface area contributed by atoms with Gasteiger partial charge in [0.15, 0.2) is 0 Å². The van der Waals surface area contributed by atoms with Crippen molar-refractivity contribution >= 4 is 10.9 Å². The first-order valence-electron chi connectivity index (χ1n) is 6.58. The molecule has 1 aromatic heterocycles. The fourth-order valence-corrected chi connectivity index (χ4v) is 2.26. The maximum Gasteiger partial charge on any atom is 0.0480 e. The smallest absolute Gasteiger partial charge is 0.0480 e. The van der Waals surface area contributed by atoms with Gasteiger partial charge in [-0.1, -0.05) is 19.9 Å². The predicted molar refractivity (Wildman–Crippen MR) is 74.2 cm³/mol. The normalized spacial score (nSPS) is 13.1. The largest absolute Gasteiger partial charge is 0.347 e. The van der Waals surface area contributed by atoms with Gasteiger partial charge >= 0.3 is 0 Å². The van der Waals surface area contributed by atoms with Crippen LogP contribution in [0.5, 0.6) is 0 Å². The molecule has 17 heavy (non-hydrogen) atoms. The maximum absolute atomic E-state index is 6.00. The number of aryl methyl sites for hydroxylation is 1. The molecule has 0 fully saturated rings. The van der Waals surface area contributed by atoms with Gasteiger partial charge in [0, 0.05) is 24.3 Å². The number of nitrogens with zero attached hydrogens (tertiary/aromatic N) is 1. The van der Waals surface area contributed by atoms with E-state index in [2.05, 4.69) is 48.9 Å². The Morgan fingerprint density at radius 1 is 1.24 bits per heavy atom. The zero-order valence-electron chi connectivity index (χ0n) is 10.8. The van der Waals surface area contributed by atoms with Crippen LogP contribution in [0.4, 0.5) is 0 Å². The molecule has 2 heteroatoms. The van der Waals surface area contributed by atoms with E-state index in [-0.39, 0.29) is 6.04 Å². The van der Waals surface area contributed by atoms with Crippen LogP contribution in [0.1, 0.15) is 32.3 Å². The summed E-state index contributed by atoms with van der Waals surface area (Å²) in [7, 11) is 0. The molecule has 0 spiro atoms. The van der Waals surface area contributed by atoms with Crippen molar-refractivity contribution in [1.82, 2.24) is 4.57 Å². The number of hydrogen-bond donors (Lipinski definition) is 1. The van der Waals surface area contributed by atoms with Crippen molar-refractivity contribution in [2.75, 3.05) is 0 Å². The average molecular weight is 230 g/mol. The lowest BCUT2D eigenvalue weighted by Crippen LogP contribution is -2.21. The first-order chi connectivity index (χ1) is 8.24. The summed E-state index contributed by atoms with van der Waals surface area (Å²) < 4.78 is 2.32. The van der Waals surface area contributed by atoms with E-state index in [0.29, 0.717) is 0 Å². The van der Waals surface area contributed by atoms with Crippen molar-refractivity contribution in [3.63, 3.8) is 0 Å². The first kappa shape index (κ1) is 12.2. The standard InChI is InChI=1S/C15H22N2/c1-3-8-17-9-7-13-10-12(5-6-15(13)17)11-14(16)4-2/h5-7,9-10,14H,3-4,8,11,16H2,1-2H3. The molecule has 1 aromatic carbocycles. The Hall–Kier alpha value is -1.28. The molecule has 2 aromatic rings. The quantitative estimate of drug-likeness (QED) is 0.839. The van der Waals surface area contributed by atoms with Gasteiger partial charge in [-0.15, -0.1) is 0 Å². The Morgan fingerprint density at radius 2 is 2.06 bits per heavy atom. The molecule has 0 amide bonds. The second kappa shape index (κ2) is 5.37. The van der Waals surface area contributed by atoms with Crippen molar-refractivity contribution < 1.29 is 0 Å². The lowest BCUT2D eigenvalue weighted by molar-refractivity contribution is 0.647. The van der Waals surface area contributed by atoms with Crippen LogP contribution in [0.15, 0.2) is 30.5 Å². The topological polar surface area (TPSA) is 30.9 Å². The monoisotopic (exact) mass is 230 g/mol. The van der Waals surface area contributed by atoms with Gasteiger partial charge in [-0.3, -0.25) is 0 Å². The van der Waals surface area contributed by atoms with E-state index in [1.807, 2.05) is 0 Å². The summed E-state index contributed by atoms with van der Waals surface area (Å²) in [6, 6.07) is 9.19. The first-order valence-corrected chi connectivity index (χ1v) is 6.58. The van der Waals surface area contributed by atoms with Gasteiger partial charge in [-0.2, -0.15) is 0 Å². The Bertz CT molecular complexity index is 485. The van der Waals surface area contributed by atoms with Gasteiger partial charge in [0.25, 0.3) is 0 Å². The van der Waals surface area contributed by atoms with E-state index >= 15 is 0 Å². The third-order valence-electron chi connectivity index (χ3n) is 3.32. The van der Waals surface area contributed by atoms with Gasteiger partial charge in [0.2, 0.25) is 0 Å². The Balaban J connectivity index is 2.26. The molecule has 0 aliphatic rings. The van der Waals surface area contributed by atoms with Crippen molar-refractivity contribution in [1.29, 1.82) is 0 Å². The molecule has 2 nitrogen and oxygen atoms in total. The van der Waals surface area contributed by atoms with Gasteiger partial charge in [-0.05, 0) is 48.4 Å². The lowest BCUT2D eigenvalue weighted by Gasteiger charge is -2.09. The second-order valence-corrected chi connectivity index (χ2v) is 4.77. The Kier molecular flexibility index (Phi) is 3.85. The fraction of sp³-hybridized carbons (Fsp3) is 0.467. The van der Waals surface area contributed by atoms with Crippen molar-refractivity contribution in [3.05, 3.63) is 36.0 Å². The summed E-state index contributed by atoms with van der Waals surface area (Å²) >= 11 is 0. The minimum atomic E-state index is 0.283. The zero-order valence-corrected chi connectivity index (χ0v) is 10.8. The van der Waals surface area contributed by atoms with Crippen LogP contribution in [0.25, 0.3) is 10.9 Å². The van der Waals surface area contributed by atoms with Crippen LogP contribution in [-0.4, -0.2) is 10.6 Å². The number of aromatic nitrogens is 1. The molecule has 0 saturated carbocycles. The number of hydrogen-bond acceptors (Lipinski definition) is 1. The number of fused-ring (bicyclic) bond motifs is 1. The summed E-state index contributed by atoms with van der Waals surface area (Å²) in [6.45, 7) is 5.44. The minimum absolute atomic E-state index is 0.283. The highest BCUT2D eigenvalue weighted by molar-refractivity contribution is 5.80. The molecule has 2 rings (SSSR count). The van der Waals surface area contributed by atoms with E-state index in [4.69, 9.17) is 5.73 Å². The summed E-state index contributed by atoms with van der Waals surface area (Å²) in [5.41, 5.74) is 8.68. The van der Waals surface area contributed by atoms with Crippen molar-refractivity contribution in [2.24, 2.45) is 5.73 Å². The Morgan fingerprint density at radius 3 is 2.76 bits per heavy atom. The van der Waals surface area contributed by atoms with Crippen LogP contribution in [0, 0.1) is 0 Å². The predicted octanol–water partition coefficient (Wildman–Crippen LogP) is 3.33. The van der Waals surface area contributed by atoms with Crippen LogP contribution in [0.3, 0.4) is 0 Å².